The summed E-state index contributed by atoms with van der Waals surface area (Å²) in [5.74, 6) is -0.328. The van der Waals surface area contributed by atoms with E-state index in [-0.39, 0.29) is 10.6 Å². The second-order valence-electron chi connectivity index (χ2n) is 11.1. The summed E-state index contributed by atoms with van der Waals surface area (Å²) in [6.45, 7) is 11.2. The lowest BCUT2D eigenvalue weighted by Gasteiger charge is -2.34. The third kappa shape index (κ3) is 5.46. The molecule has 5 aromatic rings. The summed E-state index contributed by atoms with van der Waals surface area (Å²) in [6.07, 6.45) is 0.325. The van der Waals surface area contributed by atoms with Gasteiger partial charge in [0.1, 0.15) is 5.65 Å². The number of aromatic nitrogens is 4. The molecule has 1 saturated heterocycles. The first-order valence-electron chi connectivity index (χ1n) is 14.3. The number of alkyl halides is 3. The Hall–Kier alpha value is -4.90. The van der Waals surface area contributed by atoms with Gasteiger partial charge in [-0.05, 0) is 67.4 Å². The van der Waals surface area contributed by atoms with Gasteiger partial charge in [0.05, 0.1) is 11.9 Å². The monoisotopic (exact) mass is 599 g/mol. The number of hydrogen-bond acceptors (Lipinski definition) is 5. The Morgan fingerprint density at radius 3 is 2.36 bits per heavy atom. The van der Waals surface area contributed by atoms with E-state index < -0.39 is 6.30 Å². The number of piperazine rings is 1. The van der Waals surface area contributed by atoms with Crippen molar-refractivity contribution in [2.24, 2.45) is 0 Å². The van der Waals surface area contributed by atoms with E-state index in [1.165, 1.54) is 12.3 Å². The van der Waals surface area contributed by atoms with Gasteiger partial charge in [-0.3, -0.25) is 4.79 Å². The Kier molecular flexibility index (Phi) is 7.50. The van der Waals surface area contributed by atoms with Crippen LogP contribution in [-0.2, 0) is 11.1 Å². The minimum Gasteiger partial charge on any atom is -0.369 e. The Morgan fingerprint density at radius 1 is 1.00 bits per heavy atom. The molecular formula is C33H32F3N7O. The molecule has 11 heteroatoms. The highest BCUT2D eigenvalue weighted by Gasteiger charge is 2.32. The second-order valence-corrected chi connectivity index (χ2v) is 11.1. The van der Waals surface area contributed by atoms with Crippen LogP contribution in [0.1, 0.15) is 11.1 Å². The number of pyridine rings is 1. The van der Waals surface area contributed by atoms with E-state index >= 15 is 0 Å². The quantitative estimate of drug-likeness (QED) is 0.212. The number of H-pyrrole nitrogens is 1. The van der Waals surface area contributed by atoms with Crippen molar-refractivity contribution in [2.75, 3.05) is 43.4 Å². The molecule has 1 aliphatic heterocycles. The number of nitrogens with one attached hydrogen (secondary N) is 2. The Balaban J connectivity index is 1.52. The van der Waals surface area contributed by atoms with Crippen molar-refractivity contribution in [3.63, 3.8) is 0 Å². The molecule has 1 aliphatic rings. The average Bonchev–Trinajstić information content (AvgIpc) is 3.65. The number of nitrogens with zero attached hydrogens (tertiary/aromatic N) is 5. The Bertz CT molecular complexity index is 1860. The third-order valence-corrected chi connectivity index (χ3v) is 8.23. The van der Waals surface area contributed by atoms with Crippen molar-refractivity contribution >= 4 is 28.3 Å². The van der Waals surface area contributed by atoms with E-state index in [0.717, 1.165) is 77.0 Å². The van der Waals surface area contributed by atoms with Crippen molar-refractivity contribution in [3.05, 3.63) is 84.8 Å². The summed E-state index contributed by atoms with van der Waals surface area (Å²) in [6, 6.07) is 14.1. The van der Waals surface area contributed by atoms with E-state index in [1.807, 2.05) is 32.0 Å². The van der Waals surface area contributed by atoms with E-state index in [9.17, 15) is 18.0 Å². The number of carbonyl (C=O) groups is 1. The van der Waals surface area contributed by atoms with Crippen molar-refractivity contribution in [1.29, 1.82) is 0 Å². The number of rotatable bonds is 6. The molecule has 0 atom stereocenters. The maximum atomic E-state index is 13.3. The van der Waals surface area contributed by atoms with E-state index in [1.54, 1.807) is 6.20 Å². The van der Waals surface area contributed by atoms with Crippen molar-refractivity contribution in [3.8, 4) is 33.5 Å². The molecule has 0 aliphatic carbocycles. The summed E-state index contributed by atoms with van der Waals surface area (Å²) >= 11 is 0. The van der Waals surface area contributed by atoms with Gasteiger partial charge in [0.25, 0.3) is 0 Å². The summed E-state index contributed by atoms with van der Waals surface area (Å²) in [5.41, 5.74) is 8.22. The number of aromatic amines is 1. The van der Waals surface area contributed by atoms with Crippen LogP contribution in [0.3, 0.4) is 0 Å². The van der Waals surface area contributed by atoms with Crippen molar-refractivity contribution in [1.82, 2.24) is 24.6 Å². The lowest BCUT2D eigenvalue weighted by Crippen LogP contribution is -2.44. The van der Waals surface area contributed by atoms with E-state index in [4.69, 9.17) is 0 Å². The third-order valence-electron chi connectivity index (χ3n) is 8.23. The highest BCUT2D eigenvalue weighted by atomic mass is 19.4. The van der Waals surface area contributed by atoms with Crippen LogP contribution in [0.2, 0.25) is 0 Å². The van der Waals surface area contributed by atoms with Crippen LogP contribution in [0, 0.1) is 13.8 Å². The molecule has 2 N–H and O–H groups in total. The van der Waals surface area contributed by atoms with Gasteiger partial charge in [-0.25, -0.2) is 4.98 Å². The second kappa shape index (κ2) is 11.3. The van der Waals surface area contributed by atoms with E-state index in [0.29, 0.717) is 22.5 Å². The SMILES string of the molecule is C=CC(=O)Nc1cc(-c2c(-c3ccc(N4CCN(C)CC4)cc3)[nH]c3ncc(-c4cnn(C(F)(F)F)c4)c(C)c23)ccc1C. The van der Waals surface area contributed by atoms with Crippen LogP contribution in [0.15, 0.2) is 73.7 Å². The molecule has 0 saturated carbocycles. The summed E-state index contributed by atoms with van der Waals surface area (Å²) in [4.78, 5) is 25.0. The van der Waals surface area contributed by atoms with E-state index in [2.05, 4.69) is 68.1 Å². The number of likely N-dealkylation sites (N-methyl/N-ethyl adjacent to an activating group) is 1. The molecule has 0 unspecified atom stereocenters. The molecule has 3 aromatic heterocycles. The number of benzene rings is 2. The molecule has 8 nitrogen and oxygen atoms in total. The highest BCUT2D eigenvalue weighted by Crippen LogP contribution is 2.43. The smallest absolute Gasteiger partial charge is 0.369 e. The van der Waals surface area contributed by atoms with Crippen molar-refractivity contribution in [2.45, 2.75) is 20.1 Å². The normalized spacial score (nSPS) is 14.3. The first-order chi connectivity index (χ1) is 21.0. The topological polar surface area (TPSA) is 82.1 Å². The van der Waals surface area contributed by atoms with Gasteiger partial charge in [0.2, 0.25) is 5.91 Å². The maximum absolute atomic E-state index is 13.3. The number of hydrogen-bond donors (Lipinski definition) is 2. The largest absolute Gasteiger partial charge is 0.504 e. The molecule has 2 aromatic carbocycles. The van der Waals surface area contributed by atoms with Crippen LogP contribution >= 0.6 is 0 Å². The molecule has 0 spiro atoms. The van der Waals surface area contributed by atoms with Gasteiger partial charge in [-0.15, -0.1) is 13.2 Å². The molecule has 226 valence electrons. The molecule has 44 heavy (non-hydrogen) atoms. The van der Waals surface area contributed by atoms with Gasteiger partial charge in [-0.1, -0.05) is 30.8 Å². The summed E-state index contributed by atoms with van der Waals surface area (Å²) in [5, 5.41) is 7.17. The van der Waals surface area contributed by atoms with Crippen LogP contribution < -0.4 is 10.2 Å². The van der Waals surface area contributed by atoms with Gasteiger partial charge in [0, 0.05) is 72.0 Å². The van der Waals surface area contributed by atoms with Crippen LogP contribution in [0.4, 0.5) is 24.5 Å². The fraction of sp³-hybridized carbons (Fsp3) is 0.242. The van der Waals surface area contributed by atoms with Crippen LogP contribution in [-0.4, -0.2) is 63.8 Å². The zero-order valence-corrected chi connectivity index (χ0v) is 24.7. The van der Waals surface area contributed by atoms with Crippen LogP contribution in [0.5, 0.6) is 0 Å². The number of fused-ring (bicyclic) bond motifs is 1. The number of halogens is 3. The molecule has 1 amide bonds. The highest BCUT2D eigenvalue weighted by molar-refractivity contribution is 6.07. The first-order valence-corrected chi connectivity index (χ1v) is 14.3. The lowest BCUT2D eigenvalue weighted by molar-refractivity contribution is -0.212. The molecule has 1 fully saturated rings. The Morgan fingerprint density at radius 2 is 1.70 bits per heavy atom. The standard InChI is InChI=1S/C33H32F3N7O/c1-5-28(44)39-27-16-23(7-6-20(27)2)30-29-21(3)26(24-17-38-43(19-24)33(34,35)36)18-37-32(29)40-31(30)22-8-10-25(11-9-22)42-14-12-41(4)13-15-42/h5-11,16-19H,1,12-15H2,2-4H3,(H,37,40)(H,39,44). The predicted molar refractivity (Wildman–Crippen MR) is 167 cm³/mol. The first kappa shape index (κ1) is 29.2. The number of carbonyl (C=O) groups excluding carboxylic acids is 1. The fourth-order valence-corrected chi connectivity index (χ4v) is 5.71. The number of aryl methyl sites for hydroxylation is 2. The van der Waals surface area contributed by atoms with Crippen LogP contribution in [0.25, 0.3) is 44.5 Å². The lowest BCUT2D eigenvalue weighted by atomic mass is 9.93. The predicted octanol–water partition coefficient (Wildman–Crippen LogP) is 6.73. The number of amides is 1. The summed E-state index contributed by atoms with van der Waals surface area (Å²) < 4.78 is 40.0. The molecule has 0 bridgehead atoms. The molecule has 0 radical (unpaired) electrons. The molecular weight excluding hydrogens is 567 g/mol. The minimum absolute atomic E-state index is 0.00805. The summed E-state index contributed by atoms with van der Waals surface area (Å²) in [7, 11) is 2.13. The van der Waals surface area contributed by atoms with Gasteiger partial charge in [0.15, 0.2) is 0 Å². The Labute approximate surface area is 252 Å². The van der Waals surface area contributed by atoms with Gasteiger partial charge in [-0.2, -0.15) is 9.78 Å². The average molecular weight is 600 g/mol. The molecule has 6 rings (SSSR count). The van der Waals surface area contributed by atoms with Gasteiger partial charge < -0.3 is 20.1 Å². The molecule has 4 heterocycles. The van der Waals surface area contributed by atoms with Gasteiger partial charge >= 0.3 is 6.30 Å². The minimum atomic E-state index is -4.62. The maximum Gasteiger partial charge on any atom is 0.504 e. The van der Waals surface area contributed by atoms with Crippen molar-refractivity contribution < 1.29 is 18.0 Å². The fourth-order valence-electron chi connectivity index (χ4n) is 5.71. The zero-order valence-electron chi connectivity index (χ0n) is 24.7. The number of anilines is 2. The zero-order chi connectivity index (χ0) is 31.2.